The largest absolute Gasteiger partial charge is 0.488 e. The van der Waals surface area contributed by atoms with Crippen LogP contribution in [0.1, 0.15) is 24.2 Å². The maximum absolute atomic E-state index is 6.00. The number of pyridine rings is 1. The van der Waals surface area contributed by atoms with Crippen molar-refractivity contribution in [1.29, 1.82) is 0 Å². The zero-order valence-electron chi connectivity index (χ0n) is 11.6. The summed E-state index contributed by atoms with van der Waals surface area (Å²) in [6, 6.07) is 4.03. The van der Waals surface area contributed by atoms with E-state index in [-0.39, 0.29) is 6.10 Å². The third-order valence-electron chi connectivity index (χ3n) is 3.22. The summed E-state index contributed by atoms with van der Waals surface area (Å²) < 4.78 is 11.3. The number of hydrogen-bond donors (Lipinski definition) is 0. The van der Waals surface area contributed by atoms with Crippen LogP contribution in [0.25, 0.3) is 0 Å². The standard InChI is InChI=1S/C14H22N2O2/c1-10-5-6-14(13(15-10)9-16(2)3)18-12-7-11(8-12)17-4/h5-6,11-12H,7-9H2,1-4H3/t11-,12+. The van der Waals surface area contributed by atoms with Gasteiger partial charge in [0.15, 0.2) is 0 Å². The molecule has 1 aromatic rings. The monoisotopic (exact) mass is 250 g/mol. The van der Waals surface area contributed by atoms with Gasteiger partial charge in [0.2, 0.25) is 0 Å². The van der Waals surface area contributed by atoms with Crippen LogP contribution in [-0.4, -0.2) is 43.3 Å². The first-order valence-corrected chi connectivity index (χ1v) is 6.39. The Bertz CT molecular complexity index is 401. The van der Waals surface area contributed by atoms with Gasteiger partial charge in [-0.15, -0.1) is 0 Å². The Hall–Kier alpha value is -1.13. The van der Waals surface area contributed by atoms with Crippen molar-refractivity contribution in [3.8, 4) is 5.75 Å². The first-order chi connectivity index (χ1) is 8.58. The highest BCUT2D eigenvalue weighted by atomic mass is 16.5. The second-order valence-electron chi connectivity index (χ2n) is 5.20. The van der Waals surface area contributed by atoms with Crippen molar-refractivity contribution >= 4 is 0 Å². The quantitative estimate of drug-likeness (QED) is 0.800. The lowest BCUT2D eigenvalue weighted by Gasteiger charge is -2.34. The molecule has 0 aliphatic heterocycles. The van der Waals surface area contributed by atoms with Gasteiger partial charge in [-0.1, -0.05) is 0 Å². The van der Waals surface area contributed by atoms with Gasteiger partial charge in [-0.05, 0) is 33.2 Å². The number of ether oxygens (including phenoxy) is 2. The number of nitrogens with zero attached hydrogens (tertiary/aromatic N) is 2. The molecule has 0 amide bonds. The lowest BCUT2D eigenvalue weighted by atomic mass is 9.92. The lowest BCUT2D eigenvalue weighted by Crippen LogP contribution is -2.39. The molecule has 1 aromatic heterocycles. The summed E-state index contributed by atoms with van der Waals surface area (Å²) >= 11 is 0. The molecule has 4 heteroatoms. The van der Waals surface area contributed by atoms with E-state index in [2.05, 4.69) is 9.88 Å². The molecule has 4 nitrogen and oxygen atoms in total. The fourth-order valence-corrected chi connectivity index (χ4v) is 2.10. The highest BCUT2D eigenvalue weighted by Gasteiger charge is 2.31. The number of aromatic nitrogens is 1. The summed E-state index contributed by atoms with van der Waals surface area (Å²) in [5.41, 5.74) is 2.04. The Balaban J connectivity index is 2.03. The van der Waals surface area contributed by atoms with Gasteiger partial charge < -0.3 is 14.4 Å². The summed E-state index contributed by atoms with van der Waals surface area (Å²) in [4.78, 5) is 6.67. The van der Waals surface area contributed by atoms with E-state index in [1.807, 2.05) is 33.2 Å². The Labute approximate surface area is 109 Å². The van der Waals surface area contributed by atoms with E-state index >= 15 is 0 Å². The molecule has 0 unspecified atom stereocenters. The molecule has 1 saturated carbocycles. The average molecular weight is 250 g/mol. The minimum Gasteiger partial charge on any atom is -0.488 e. The summed E-state index contributed by atoms with van der Waals surface area (Å²) in [5, 5.41) is 0. The second-order valence-corrected chi connectivity index (χ2v) is 5.20. The molecule has 0 spiro atoms. The van der Waals surface area contributed by atoms with Gasteiger partial charge in [0.1, 0.15) is 11.9 Å². The summed E-state index contributed by atoms with van der Waals surface area (Å²) in [6.45, 7) is 2.81. The third-order valence-corrected chi connectivity index (χ3v) is 3.22. The first kappa shape index (κ1) is 13.3. The molecule has 2 rings (SSSR count). The highest BCUT2D eigenvalue weighted by Crippen LogP contribution is 2.29. The van der Waals surface area contributed by atoms with Crippen molar-refractivity contribution in [2.24, 2.45) is 0 Å². The predicted molar refractivity (Wildman–Crippen MR) is 70.8 cm³/mol. The molecule has 0 saturated heterocycles. The minimum absolute atomic E-state index is 0.278. The molecule has 0 N–H and O–H groups in total. The van der Waals surface area contributed by atoms with Gasteiger partial charge in [-0.2, -0.15) is 0 Å². The van der Waals surface area contributed by atoms with E-state index in [1.165, 1.54) is 0 Å². The maximum Gasteiger partial charge on any atom is 0.142 e. The SMILES string of the molecule is CO[C@H]1C[C@@H](Oc2ccc(C)nc2CN(C)C)C1. The molecule has 18 heavy (non-hydrogen) atoms. The molecule has 0 aromatic carbocycles. The molecule has 1 heterocycles. The normalized spacial score (nSPS) is 22.9. The predicted octanol–water partition coefficient (Wildman–Crippen LogP) is 2.01. The van der Waals surface area contributed by atoms with Gasteiger partial charge >= 0.3 is 0 Å². The van der Waals surface area contributed by atoms with Crippen molar-refractivity contribution in [2.45, 2.75) is 38.5 Å². The van der Waals surface area contributed by atoms with Gasteiger partial charge in [-0.25, -0.2) is 0 Å². The maximum atomic E-state index is 6.00. The van der Waals surface area contributed by atoms with E-state index in [0.29, 0.717) is 6.10 Å². The highest BCUT2D eigenvalue weighted by molar-refractivity contribution is 5.29. The second kappa shape index (κ2) is 5.67. The zero-order valence-corrected chi connectivity index (χ0v) is 11.6. The number of methoxy groups -OCH3 is 1. The number of hydrogen-bond acceptors (Lipinski definition) is 4. The van der Waals surface area contributed by atoms with E-state index in [4.69, 9.17) is 9.47 Å². The summed E-state index contributed by atoms with van der Waals surface area (Å²) in [7, 11) is 5.84. The zero-order chi connectivity index (χ0) is 13.1. The Morgan fingerprint density at radius 3 is 2.61 bits per heavy atom. The fourth-order valence-electron chi connectivity index (χ4n) is 2.10. The van der Waals surface area contributed by atoms with Crippen molar-refractivity contribution < 1.29 is 9.47 Å². The van der Waals surface area contributed by atoms with Crippen LogP contribution >= 0.6 is 0 Å². The summed E-state index contributed by atoms with van der Waals surface area (Å²) in [6.07, 6.45) is 2.60. The van der Waals surface area contributed by atoms with Crippen LogP contribution in [0.5, 0.6) is 5.75 Å². The molecule has 1 fully saturated rings. The molecular weight excluding hydrogens is 228 g/mol. The Morgan fingerprint density at radius 1 is 1.28 bits per heavy atom. The van der Waals surface area contributed by atoms with Gasteiger partial charge in [0.05, 0.1) is 11.8 Å². The van der Waals surface area contributed by atoms with Crippen LogP contribution in [0, 0.1) is 6.92 Å². The van der Waals surface area contributed by atoms with Crippen molar-refractivity contribution in [3.05, 3.63) is 23.5 Å². The Kier molecular flexibility index (Phi) is 4.19. The van der Waals surface area contributed by atoms with E-state index in [0.717, 1.165) is 36.5 Å². The average Bonchev–Trinajstić information content (AvgIpc) is 2.24. The van der Waals surface area contributed by atoms with Crippen molar-refractivity contribution in [3.63, 3.8) is 0 Å². The topological polar surface area (TPSA) is 34.6 Å². The van der Waals surface area contributed by atoms with E-state index in [9.17, 15) is 0 Å². The van der Waals surface area contributed by atoms with Crippen LogP contribution in [0.2, 0.25) is 0 Å². The fraction of sp³-hybridized carbons (Fsp3) is 0.643. The van der Waals surface area contributed by atoms with Crippen LogP contribution in [0.4, 0.5) is 0 Å². The molecule has 0 atom stereocenters. The smallest absolute Gasteiger partial charge is 0.142 e. The van der Waals surface area contributed by atoms with E-state index in [1.54, 1.807) is 7.11 Å². The number of aryl methyl sites for hydroxylation is 1. The van der Waals surface area contributed by atoms with Crippen molar-refractivity contribution in [2.75, 3.05) is 21.2 Å². The van der Waals surface area contributed by atoms with Gasteiger partial charge in [-0.3, -0.25) is 4.98 Å². The molecule has 1 aliphatic rings. The van der Waals surface area contributed by atoms with Crippen LogP contribution in [-0.2, 0) is 11.3 Å². The van der Waals surface area contributed by atoms with Gasteiger partial charge in [0, 0.05) is 32.2 Å². The van der Waals surface area contributed by atoms with Crippen molar-refractivity contribution in [1.82, 2.24) is 9.88 Å². The summed E-state index contributed by atoms with van der Waals surface area (Å²) in [5.74, 6) is 0.911. The van der Waals surface area contributed by atoms with E-state index < -0.39 is 0 Å². The van der Waals surface area contributed by atoms with Crippen LogP contribution in [0.15, 0.2) is 12.1 Å². The Morgan fingerprint density at radius 2 is 2.00 bits per heavy atom. The molecule has 1 aliphatic carbocycles. The lowest BCUT2D eigenvalue weighted by molar-refractivity contribution is -0.0387. The molecule has 0 bridgehead atoms. The van der Waals surface area contributed by atoms with Crippen LogP contribution < -0.4 is 4.74 Å². The van der Waals surface area contributed by atoms with Crippen LogP contribution in [0.3, 0.4) is 0 Å². The first-order valence-electron chi connectivity index (χ1n) is 6.39. The third kappa shape index (κ3) is 3.21. The minimum atomic E-state index is 0.278. The number of rotatable bonds is 5. The van der Waals surface area contributed by atoms with Gasteiger partial charge in [0.25, 0.3) is 0 Å². The molecular formula is C14H22N2O2. The molecule has 0 radical (unpaired) electrons. The molecule has 100 valence electrons.